The third-order valence-corrected chi connectivity index (χ3v) is 5.00. The van der Waals surface area contributed by atoms with Crippen LogP contribution in [-0.4, -0.2) is 6.16 Å². The summed E-state index contributed by atoms with van der Waals surface area (Å²) in [5.74, 6) is 0. The normalized spacial score (nSPS) is 10.8. The zero-order valence-corrected chi connectivity index (χ0v) is 21.0. The number of hydrogen-bond donors (Lipinski definition) is 0. The summed E-state index contributed by atoms with van der Waals surface area (Å²) in [4.78, 5) is 20.6. The van der Waals surface area contributed by atoms with Gasteiger partial charge in [0.1, 0.15) is 0 Å². The summed E-state index contributed by atoms with van der Waals surface area (Å²) in [6, 6.07) is 0. The van der Waals surface area contributed by atoms with Gasteiger partial charge in [-0.25, -0.2) is 0 Å². The van der Waals surface area contributed by atoms with Gasteiger partial charge in [0.05, 0.1) is 0 Å². The van der Waals surface area contributed by atoms with Crippen LogP contribution in [0.15, 0.2) is 0 Å². The summed E-state index contributed by atoms with van der Waals surface area (Å²) >= 11 is 0. The van der Waals surface area contributed by atoms with E-state index in [0.717, 1.165) is 19.3 Å². The molecular weight excluding hydrogens is 463 g/mol. The van der Waals surface area contributed by atoms with Crippen molar-refractivity contribution in [2.24, 2.45) is 0 Å². The summed E-state index contributed by atoms with van der Waals surface area (Å²) < 4.78 is 10.3. The molecule has 0 atom stereocenters. The van der Waals surface area contributed by atoms with E-state index in [0.29, 0.717) is 6.42 Å². The Kier molecular flexibility index (Phi) is 31.8. The summed E-state index contributed by atoms with van der Waals surface area (Å²) in [6.07, 6.45) is 19.4. The van der Waals surface area contributed by atoms with E-state index in [2.05, 4.69) is 20.8 Å². The van der Waals surface area contributed by atoms with E-state index < -0.39 is 7.60 Å². The van der Waals surface area contributed by atoms with E-state index in [1.165, 1.54) is 77.0 Å². The van der Waals surface area contributed by atoms with Gasteiger partial charge in [-0.05, 0) is 12.6 Å². The molecule has 0 amide bonds. The minimum Gasteiger partial charge on any atom is -0.811 e. The van der Waals surface area contributed by atoms with Gasteiger partial charge in [-0.1, -0.05) is 111 Å². The molecule has 0 aromatic carbocycles. The molecule has 1 radical (unpaired) electrons. The molecular formula is C20H42NdO3P. The van der Waals surface area contributed by atoms with Crippen LogP contribution in [0.3, 0.4) is 0 Å². The van der Waals surface area contributed by atoms with Crippen LogP contribution < -0.4 is 9.79 Å². The van der Waals surface area contributed by atoms with Crippen LogP contribution in [0.5, 0.6) is 0 Å². The van der Waals surface area contributed by atoms with Crippen LogP contribution in [0.1, 0.15) is 117 Å². The van der Waals surface area contributed by atoms with Gasteiger partial charge in [0.2, 0.25) is 0 Å². The third kappa shape index (κ3) is 37.0. The maximum absolute atomic E-state index is 10.3. The van der Waals surface area contributed by atoms with Crippen LogP contribution in [-0.2, 0) is 4.57 Å². The fraction of sp³-hybridized carbons (Fsp3) is 0.950. The maximum Gasteiger partial charge on any atom is 3.00 e. The van der Waals surface area contributed by atoms with Crippen molar-refractivity contribution in [1.82, 2.24) is 0 Å². The summed E-state index contributed by atoms with van der Waals surface area (Å²) in [7, 11) is -4.23. The minimum atomic E-state index is -4.23. The Labute approximate surface area is 191 Å². The topological polar surface area (TPSA) is 63.2 Å². The molecule has 0 aromatic heterocycles. The van der Waals surface area contributed by atoms with Gasteiger partial charge in [0.25, 0.3) is 0 Å². The number of hydrogen-bond acceptors (Lipinski definition) is 3. The summed E-state index contributed by atoms with van der Waals surface area (Å²) in [6.45, 7) is 8.26. The molecule has 0 fully saturated rings. The van der Waals surface area contributed by atoms with Gasteiger partial charge >= 0.3 is 40.8 Å². The third-order valence-electron chi connectivity index (χ3n) is 4.14. The van der Waals surface area contributed by atoms with Gasteiger partial charge in [0, 0.05) is 0 Å². The molecule has 0 rings (SSSR count). The van der Waals surface area contributed by atoms with Gasteiger partial charge in [0.15, 0.2) is 0 Å². The predicted molar refractivity (Wildman–Crippen MR) is 103 cm³/mol. The molecule has 3 nitrogen and oxygen atoms in total. The first-order chi connectivity index (χ1) is 11.5. The van der Waals surface area contributed by atoms with Crippen molar-refractivity contribution in [2.45, 2.75) is 117 Å². The molecule has 25 heavy (non-hydrogen) atoms. The summed E-state index contributed by atoms with van der Waals surface area (Å²) in [5, 5.41) is 0. The molecule has 0 bridgehead atoms. The molecule has 149 valence electrons. The number of unbranched alkanes of at least 4 members (excludes halogenated alkanes) is 14. The predicted octanol–water partition coefficient (Wildman–Crippen LogP) is 6.00. The standard InChI is InChI=1S/C10H23O3P.C10H21.Nd/c1-2-3-4-5-6-7-8-9-10-14(11,12)13;1-3-5-7-9-10-8-6-4-2;/h2-10H2,1H3,(H2,11,12,13);1,3-10H2,2H3;/q;-1;+3/p-2. The second-order valence-corrected chi connectivity index (χ2v) is 8.45. The molecule has 5 heteroatoms. The number of rotatable bonds is 16. The monoisotopic (exact) mass is 503 g/mol. The molecule has 0 aromatic rings. The van der Waals surface area contributed by atoms with Crippen LogP contribution in [0, 0.1) is 47.8 Å². The molecule has 0 aliphatic rings. The first-order valence-electron chi connectivity index (χ1n) is 10.3. The van der Waals surface area contributed by atoms with Crippen LogP contribution in [0.4, 0.5) is 0 Å². The molecule has 0 aliphatic carbocycles. The van der Waals surface area contributed by atoms with Crippen LogP contribution in [0.25, 0.3) is 0 Å². The van der Waals surface area contributed by atoms with Crippen molar-refractivity contribution in [1.29, 1.82) is 0 Å². The van der Waals surface area contributed by atoms with Gasteiger partial charge in [-0.2, -0.15) is 6.42 Å². The summed E-state index contributed by atoms with van der Waals surface area (Å²) in [5.41, 5.74) is 0. The van der Waals surface area contributed by atoms with Crippen molar-refractivity contribution < 1.29 is 55.2 Å². The molecule has 0 spiro atoms. The van der Waals surface area contributed by atoms with E-state index in [9.17, 15) is 14.4 Å². The Balaban J connectivity index is -0.000000392. The molecule has 0 heterocycles. The van der Waals surface area contributed by atoms with Gasteiger partial charge in [-0.3, -0.25) is 0 Å². The SMILES string of the molecule is CCCCCCCCCCP(=O)([O-])[O-].[CH2-]CCCCCCCCC.[Nd+3]. The average Bonchev–Trinajstić information content (AvgIpc) is 2.53. The Morgan fingerprint density at radius 1 is 0.640 bits per heavy atom. The Morgan fingerprint density at radius 2 is 0.960 bits per heavy atom. The fourth-order valence-electron chi connectivity index (χ4n) is 2.57. The van der Waals surface area contributed by atoms with E-state index in [4.69, 9.17) is 0 Å². The van der Waals surface area contributed by atoms with Crippen molar-refractivity contribution in [3.05, 3.63) is 6.92 Å². The van der Waals surface area contributed by atoms with E-state index in [1.54, 1.807) is 0 Å². The molecule has 0 aliphatic heterocycles. The first kappa shape index (κ1) is 31.2. The van der Waals surface area contributed by atoms with Gasteiger partial charge < -0.3 is 21.3 Å². The van der Waals surface area contributed by atoms with Crippen LogP contribution >= 0.6 is 7.60 Å². The minimum absolute atomic E-state index is 0. The van der Waals surface area contributed by atoms with Crippen molar-refractivity contribution in [3.63, 3.8) is 0 Å². The zero-order valence-electron chi connectivity index (χ0n) is 16.9. The molecule has 0 saturated heterocycles. The molecule has 0 N–H and O–H groups in total. The Hall–Kier alpha value is 1.50. The largest absolute Gasteiger partial charge is 3.00 e. The average molecular weight is 506 g/mol. The first-order valence-corrected chi connectivity index (χ1v) is 12.0. The smallest absolute Gasteiger partial charge is 0.811 e. The molecule has 0 unspecified atom stereocenters. The zero-order chi connectivity index (χ0) is 18.5. The fourth-order valence-corrected chi connectivity index (χ4v) is 3.18. The molecule has 0 saturated carbocycles. The quantitative estimate of drug-likeness (QED) is 0.147. The Morgan fingerprint density at radius 3 is 1.28 bits per heavy atom. The second kappa shape index (κ2) is 25.5. The van der Waals surface area contributed by atoms with E-state index in [1.807, 2.05) is 0 Å². The van der Waals surface area contributed by atoms with Crippen molar-refractivity contribution in [2.75, 3.05) is 6.16 Å². The second-order valence-electron chi connectivity index (χ2n) is 6.78. The van der Waals surface area contributed by atoms with Crippen molar-refractivity contribution in [3.8, 4) is 0 Å². The van der Waals surface area contributed by atoms with E-state index >= 15 is 0 Å². The van der Waals surface area contributed by atoms with E-state index in [-0.39, 0.29) is 47.0 Å². The maximum atomic E-state index is 10.3. The van der Waals surface area contributed by atoms with Crippen molar-refractivity contribution >= 4 is 7.60 Å². The van der Waals surface area contributed by atoms with Crippen LogP contribution in [0.2, 0.25) is 0 Å². The van der Waals surface area contributed by atoms with Gasteiger partial charge in [-0.15, -0.1) is 0 Å². The Bertz CT molecular complexity index is 262.